The van der Waals surface area contributed by atoms with Crippen molar-refractivity contribution < 1.29 is 19.0 Å². The zero-order valence-corrected chi connectivity index (χ0v) is 11.7. The first-order chi connectivity index (χ1) is 9.92. The number of anilines is 3. The van der Waals surface area contributed by atoms with Gasteiger partial charge in [0.2, 0.25) is 0 Å². The van der Waals surface area contributed by atoms with Crippen LogP contribution in [0.25, 0.3) is 0 Å². The second-order valence-corrected chi connectivity index (χ2v) is 4.60. The van der Waals surface area contributed by atoms with Gasteiger partial charge in [-0.2, -0.15) is 0 Å². The number of methoxy groups -OCH3 is 1. The summed E-state index contributed by atoms with van der Waals surface area (Å²) in [6, 6.07) is 6.85. The van der Waals surface area contributed by atoms with Crippen LogP contribution in [-0.4, -0.2) is 18.2 Å². The van der Waals surface area contributed by atoms with E-state index in [1.165, 1.54) is 7.11 Å². The van der Waals surface area contributed by atoms with Crippen LogP contribution in [0.15, 0.2) is 30.3 Å². The fourth-order valence-electron chi connectivity index (χ4n) is 1.74. The first kappa shape index (κ1) is 14.9. The van der Waals surface area contributed by atoms with Crippen molar-refractivity contribution in [3.05, 3.63) is 46.7 Å². The van der Waals surface area contributed by atoms with Gasteiger partial charge in [0.15, 0.2) is 0 Å². The molecule has 0 aliphatic heterocycles. The lowest BCUT2D eigenvalue weighted by Crippen LogP contribution is -2.05. The molecule has 0 aliphatic carbocycles. The Balaban J connectivity index is 2.44. The highest BCUT2D eigenvalue weighted by molar-refractivity contribution is 6.33. The summed E-state index contributed by atoms with van der Waals surface area (Å²) >= 11 is 6.01. The molecular formula is C14H12ClFN2O3. The van der Waals surface area contributed by atoms with E-state index in [4.69, 9.17) is 27.2 Å². The Kier molecular flexibility index (Phi) is 4.18. The van der Waals surface area contributed by atoms with E-state index in [1.54, 1.807) is 18.2 Å². The Morgan fingerprint density at radius 3 is 2.67 bits per heavy atom. The molecule has 0 heterocycles. The molecular weight excluding hydrogens is 299 g/mol. The average Bonchev–Trinajstić information content (AvgIpc) is 2.43. The van der Waals surface area contributed by atoms with E-state index in [9.17, 15) is 9.18 Å². The van der Waals surface area contributed by atoms with Gasteiger partial charge in [0.05, 0.1) is 29.1 Å². The number of carbonyl (C=O) groups is 1. The Morgan fingerprint density at radius 2 is 2.05 bits per heavy atom. The lowest BCUT2D eigenvalue weighted by atomic mass is 10.1. The van der Waals surface area contributed by atoms with Crippen LogP contribution < -0.4 is 15.8 Å². The van der Waals surface area contributed by atoms with Crippen molar-refractivity contribution in [1.82, 2.24) is 0 Å². The first-order valence-corrected chi connectivity index (χ1v) is 6.23. The summed E-state index contributed by atoms with van der Waals surface area (Å²) in [5.74, 6) is -1.40. The SMILES string of the molecule is COc1ccc(Cl)c(Nc2cc(C(=O)O)c(N)cc2F)c1. The number of benzene rings is 2. The highest BCUT2D eigenvalue weighted by Crippen LogP contribution is 2.31. The minimum absolute atomic E-state index is 0.0447. The molecule has 2 aromatic rings. The van der Waals surface area contributed by atoms with Gasteiger partial charge >= 0.3 is 5.97 Å². The number of halogens is 2. The number of hydrogen-bond acceptors (Lipinski definition) is 4. The number of carboxylic acid groups (broad SMARTS) is 1. The summed E-state index contributed by atoms with van der Waals surface area (Å²) in [6.45, 7) is 0. The molecule has 21 heavy (non-hydrogen) atoms. The topological polar surface area (TPSA) is 84.6 Å². The van der Waals surface area contributed by atoms with Crippen LogP contribution in [0.3, 0.4) is 0 Å². The minimum Gasteiger partial charge on any atom is -0.497 e. The number of rotatable bonds is 4. The predicted octanol–water partition coefficient (Wildman–Crippen LogP) is 3.51. The fourth-order valence-corrected chi connectivity index (χ4v) is 1.91. The smallest absolute Gasteiger partial charge is 0.337 e. The Labute approximate surface area is 125 Å². The van der Waals surface area contributed by atoms with E-state index < -0.39 is 11.8 Å². The lowest BCUT2D eigenvalue weighted by Gasteiger charge is -2.12. The normalized spacial score (nSPS) is 10.2. The maximum Gasteiger partial charge on any atom is 0.337 e. The predicted molar refractivity (Wildman–Crippen MR) is 79.1 cm³/mol. The standard InChI is InChI=1S/C14H12ClFN2O3/c1-21-7-2-3-9(15)12(4-7)18-13-5-8(14(19)20)11(17)6-10(13)16/h2-6,18H,17H2,1H3,(H,19,20). The van der Waals surface area contributed by atoms with Gasteiger partial charge in [-0.25, -0.2) is 9.18 Å². The van der Waals surface area contributed by atoms with E-state index in [0.29, 0.717) is 16.5 Å². The van der Waals surface area contributed by atoms with E-state index in [-0.39, 0.29) is 16.9 Å². The molecule has 0 bridgehead atoms. The largest absolute Gasteiger partial charge is 0.497 e. The third-order valence-corrected chi connectivity index (χ3v) is 3.14. The Bertz CT molecular complexity index is 707. The quantitative estimate of drug-likeness (QED) is 0.752. The van der Waals surface area contributed by atoms with Crippen molar-refractivity contribution in [1.29, 1.82) is 0 Å². The van der Waals surface area contributed by atoms with Gasteiger partial charge in [0, 0.05) is 11.8 Å². The zero-order chi connectivity index (χ0) is 15.6. The van der Waals surface area contributed by atoms with E-state index >= 15 is 0 Å². The number of hydrogen-bond donors (Lipinski definition) is 3. The van der Waals surface area contributed by atoms with E-state index in [0.717, 1.165) is 12.1 Å². The molecule has 2 rings (SSSR count). The average molecular weight is 311 g/mol. The molecule has 0 spiro atoms. The fraction of sp³-hybridized carbons (Fsp3) is 0.0714. The van der Waals surface area contributed by atoms with Gasteiger partial charge < -0.3 is 20.9 Å². The van der Waals surface area contributed by atoms with Crippen molar-refractivity contribution >= 4 is 34.6 Å². The molecule has 0 unspecified atom stereocenters. The van der Waals surface area contributed by atoms with Gasteiger partial charge in [0.1, 0.15) is 11.6 Å². The highest BCUT2D eigenvalue weighted by Gasteiger charge is 2.14. The number of aromatic carboxylic acids is 1. The maximum atomic E-state index is 13.9. The third kappa shape index (κ3) is 3.17. The van der Waals surface area contributed by atoms with Crippen molar-refractivity contribution in [2.24, 2.45) is 0 Å². The molecule has 7 heteroatoms. The summed E-state index contributed by atoms with van der Waals surface area (Å²) in [4.78, 5) is 11.0. The van der Waals surface area contributed by atoms with Gasteiger partial charge in [-0.05, 0) is 24.3 Å². The first-order valence-electron chi connectivity index (χ1n) is 5.85. The summed E-state index contributed by atoms with van der Waals surface area (Å²) in [5.41, 5.74) is 5.46. The summed E-state index contributed by atoms with van der Waals surface area (Å²) in [5, 5.41) is 12.1. The van der Waals surface area contributed by atoms with Crippen LogP contribution in [0, 0.1) is 5.82 Å². The van der Waals surface area contributed by atoms with Crippen molar-refractivity contribution in [3.8, 4) is 5.75 Å². The number of nitrogen functional groups attached to an aromatic ring is 1. The molecule has 0 amide bonds. The summed E-state index contributed by atoms with van der Waals surface area (Å²) < 4.78 is 18.9. The zero-order valence-electron chi connectivity index (χ0n) is 11.0. The van der Waals surface area contributed by atoms with Gasteiger partial charge in [-0.3, -0.25) is 0 Å². The van der Waals surface area contributed by atoms with Crippen LogP contribution in [0.4, 0.5) is 21.5 Å². The Hall–Kier alpha value is -2.47. The molecule has 5 nitrogen and oxygen atoms in total. The summed E-state index contributed by atoms with van der Waals surface area (Å²) in [6.07, 6.45) is 0. The molecule has 0 aromatic heterocycles. The lowest BCUT2D eigenvalue weighted by molar-refractivity contribution is 0.0698. The number of carboxylic acids is 1. The van der Waals surface area contributed by atoms with Crippen molar-refractivity contribution in [2.75, 3.05) is 18.2 Å². The van der Waals surface area contributed by atoms with Crippen molar-refractivity contribution in [2.45, 2.75) is 0 Å². The molecule has 0 fully saturated rings. The molecule has 0 saturated heterocycles. The van der Waals surface area contributed by atoms with Crippen molar-refractivity contribution in [3.63, 3.8) is 0 Å². The molecule has 0 radical (unpaired) electrons. The molecule has 4 N–H and O–H groups in total. The van der Waals surface area contributed by atoms with Gasteiger partial charge in [-0.15, -0.1) is 0 Å². The number of nitrogens with two attached hydrogens (primary N) is 1. The number of ether oxygens (including phenoxy) is 1. The second kappa shape index (κ2) is 5.88. The van der Waals surface area contributed by atoms with E-state index in [2.05, 4.69) is 5.32 Å². The van der Waals surface area contributed by atoms with Crippen LogP contribution in [0.5, 0.6) is 5.75 Å². The van der Waals surface area contributed by atoms with Crippen LogP contribution in [0.1, 0.15) is 10.4 Å². The van der Waals surface area contributed by atoms with E-state index in [1.807, 2.05) is 0 Å². The van der Waals surface area contributed by atoms with Gasteiger partial charge in [0.25, 0.3) is 0 Å². The summed E-state index contributed by atoms with van der Waals surface area (Å²) in [7, 11) is 1.49. The molecule has 2 aromatic carbocycles. The Morgan fingerprint density at radius 1 is 1.33 bits per heavy atom. The molecule has 0 atom stereocenters. The molecule has 0 saturated carbocycles. The van der Waals surface area contributed by atoms with Gasteiger partial charge in [-0.1, -0.05) is 11.6 Å². The molecule has 0 aliphatic rings. The van der Waals surface area contributed by atoms with Crippen LogP contribution in [-0.2, 0) is 0 Å². The maximum absolute atomic E-state index is 13.9. The minimum atomic E-state index is -1.24. The van der Waals surface area contributed by atoms with Crippen LogP contribution >= 0.6 is 11.6 Å². The third-order valence-electron chi connectivity index (χ3n) is 2.81. The second-order valence-electron chi connectivity index (χ2n) is 4.20. The number of nitrogens with one attached hydrogen (secondary N) is 1. The molecule has 110 valence electrons. The highest BCUT2D eigenvalue weighted by atomic mass is 35.5. The monoisotopic (exact) mass is 310 g/mol. The van der Waals surface area contributed by atoms with Crippen LogP contribution in [0.2, 0.25) is 5.02 Å².